The summed E-state index contributed by atoms with van der Waals surface area (Å²) in [4.78, 5) is 90.3. The van der Waals surface area contributed by atoms with E-state index < -0.39 is 5.78 Å². The van der Waals surface area contributed by atoms with Crippen molar-refractivity contribution in [1.29, 1.82) is 0 Å². The number of aliphatic imine (C=N–C) groups is 8. The Morgan fingerprint density at radius 1 is 0.374 bits per heavy atom. The van der Waals surface area contributed by atoms with Gasteiger partial charge in [-0.05, 0) is 321 Å². The predicted molar refractivity (Wildman–Crippen MR) is 502 cm³/mol. The van der Waals surface area contributed by atoms with Crippen molar-refractivity contribution in [3.05, 3.63) is 394 Å². The van der Waals surface area contributed by atoms with E-state index in [9.17, 15) is 4.79 Å². The predicted octanol–water partition coefficient (Wildman–Crippen LogP) is 11.4. The Hall–Kier alpha value is -14.9. The van der Waals surface area contributed by atoms with Gasteiger partial charge in [-0.25, -0.2) is 20.0 Å². The van der Waals surface area contributed by atoms with Gasteiger partial charge in [-0.2, -0.15) is 0 Å². The van der Waals surface area contributed by atoms with Gasteiger partial charge in [0.15, 0.2) is 12.1 Å². The van der Waals surface area contributed by atoms with Crippen LogP contribution in [0.5, 0.6) is 0 Å². The van der Waals surface area contributed by atoms with E-state index in [0.717, 1.165) is 191 Å². The summed E-state index contributed by atoms with van der Waals surface area (Å²) in [6, 6.07) is 41.1. The maximum atomic E-state index is 9.44. The van der Waals surface area contributed by atoms with Crippen LogP contribution in [0.1, 0.15) is 126 Å². The number of aldehydes is 1. The van der Waals surface area contributed by atoms with E-state index in [0.29, 0.717) is 0 Å². The molecule has 0 saturated heterocycles. The van der Waals surface area contributed by atoms with Gasteiger partial charge in [-0.1, -0.05) is 48.6 Å². The summed E-state index contributed by atoms with van der Waals surface area (Å²) in [5.74, 6) is -0.426. The molecule has 18 rings (SSSR count). The van der Waals surface area contributed by atoms with Gasteiger partial charge in [-0.15, -0.1) is 28.2 Å². The molecule has 0 fully saturated rings. The zero-order chi connectivity index (χ0) is 84.4. The molecule has 0 bridgehead atoms. The third kappa shape index (κ3) is 25.1. The number of nitrogens with one attached hydrogen (secondary N) is 8. The van der Waals surface area contributed by atoms with E-state index in [4.69, 9.17) is 14.8 Å². The van der Waals surface area contributed by atoms with E-state index in [1.54, 1.807) is 18.6 Å². The summed E-state index contributed by atoms with van der Waals surface area (Å²) in [7, 11) is 0. The Bertz CT molecular complexity index is 6840. The number of aromatic amines is 8. The van der Waals surface area contributed by atoms with Crippen LogP contribution in [0, 0.1) is 0 Å². The molecule has 0 aromatic carbocycles. The maximum absolute atomic E-state index is 9.44. The summed E-state index contributed by atoms with van der Waals surface area (Å²) >= 11 is 0. The molecular formula is C101H94ClMnN18O2. The third-order valence-corrected chi connectivity index (χ3v) is 19.7. The number of H-pyrrole nitrogens is 8. The first-order valence-electron chi connectivity index (χ1n) is 39.8. The maximum Gasteiger partial charge on any atom is 3.00 e. The Morgan fingerprint density at radius 3 is 1.30 bits per heavy atom. The first-order chi connectivity index (χ1) is 59.0. The number of carbonyl (C=O) groups excluding carboxylic acids is 2. The van der Waals surface area contributed by atoms with Gasteiger partial charge in [0.1, 0.15) is 0 Å². The molecule has 0 aliphatic carbocycles. The number of Topliss-reactive ketones (excluding diaryl/α,β-unsaturated/α-hetero) is 1. The third-order valence-electron chi connectivity index (χ3n) is 19.7. The van der Waals surface area contributed by atoms with Gasteiger partial charge in [0, 0.05) is 128 Å². The van der Waals surface area contributed by atoms with Gasteiger partial charge in [0.2, 0.25) is 0 Å². The van der Waals surface area contributed by atoms with Gasteiger partial charge in [-0.3, -0.25) is 29.6 Å². The average Bonchev–Trinajstić information content (AvgIpc) is 1.70. The molecule has 0 saturated carbocycles. The minimum Gasteiger partial charge on any atom is -1.00 e. The van der Waals surface area contributed by atoms with Crippen LogP contribution in [-0.4, -0.2) is 99.6 Å². The Labute approximate surface area is 730 Å². The van der Waals surface area contributed by atoms with Crippen LogP contribution in [0.2, 0.25) is 0 Å². The second-order valence-electron chi connectivity index (χ2n) is 28.4. The smallest absolute Gasteiger partial charge is 1.00 e. The molecule has 22 heteroatoms. The van der Waals surface area contributed by atoms with Gasteiger partial charge >= 0.3 is 17.1 Å². The zero-order valence-electron chi connectivity index (χ0n) is 69.9. The number of hydrogen-bond acceptors (Lipinski definition) is 10. The number of carbonyl (C=O) groups is 2. The molecule has 18 heterocycles. The van der Waals surface area contributed by atoms with Crippen LogP contribution < -0.4 is 65.2 Å². The fraction of sp³-hybridized carbons (Fsp3) is 0.109. The fourth-order valence-corrected chi connectivity index (χ4v) is 13.0. The standard InChI is InChI=1S/C23H22N4.C23H20N4.C22H20N4.C21H18N4.C9H10N2.C3H4O2.ClH.Mn/c2*1-4-17-7-10-22(25-17)16(3)23-12-9-19(27-23)14-18-8-11-21(26-18)15(2)20-6-5-13-24-20;1-3-16-8-10-21(25-16)15(2)22-11-9-20(26-22)14-19-7-6-18(24-19)13-17-5-4-12-23-17;1-2-15-5-6-18(23-15)13-19-9-10-21(25-19)14-20-8-7-17(24-20)12-16-4-3-11-22-16;1-3-8(10-5-1)7-9-4-2-6-11-9;1-3(5)2-4;;/h4-14,26-27H,1-3H3;4-14H,1-3H3;3-14,24,26H,1-2H3;2-14,24-25H,1H3;1-6,10-11H,7H2;2H,1H3;1H;/q;-2;;;;;;+3/p-1/b17-4-,19-14-,20-15-,23-16?;17-4-,19-14?,20-15?,22-16?;16-3-,17-13-,20-14-,22-15?;15-2-,16-12-,19-13?,21-14-;;;;. The number of halogens is 1. The van der Waals surface area contributed by atoms with Crippen molar-refractivity contribution in [1.82, 2.24) is 49.8 Å². The van der Waals surface area contributed by atoms with Crippen LogP contribution >= 0.6 is 0 Å². The number of aromatic nitrogens is 10. The van der Waals surface area contributed by atoms with Crippen molar-refractivity contribution in [3.8, 4) is 0 Å². The summed E-state index contributed by atoms with van der Waals surface area (Å²) in [5, 5.41) is 8.29. The molecule has 8 aliphatic rings. The quantitative estimate of drug-likeness (QED) is 0.0282. The minimum atomic E-state index is -0.426. The molecule has 123 heavy (non-hydrogen) atoms. The molecule has 10 aromatic heterocycles. The van der Waals surface area contributed by atoms with Crippen molar-refractivity contribution in [2.75, 3.05) is 0 Å². The van der Waals surface area contributed by atoms with Crippen LogP contribution in [0.25, 0.3) is 76.5 Å². The van der Waals surface area contributed by atoms with Gasteiger partial charge in [0.05, 0.1) is 68.4 Å². The van der Waals surface area contributed by atoms with Gasteiger partial charge < -0.3 is 62.2 Å². The number of ketones is 1. The monoisotopic (exact) mass is 1680 g/mol. The zero-order valence-corrected chi connectivity index (χ0v) is 71.9. The molecule has 0 spiro atoms. The van der Waals surface area contributed by atoms with E-state index >= 15 is 0 Å². The largest absolute Gasteiger partial charge is 3.00 e. The number of nitrogens with zero attached hydrogens (tertiary/aromatic N) is 10. The molecule has 0 unspecified atom stereocenters. The SMILES string of the molecule is C/C=C1/C=CC(C(C)=c2cc/c(=C/c3ccc(/C(C)=C4/C=CC=N4)[nH]3)[nH]2)=N1.C/C=C1/C=CC(C(C)=c2cc/c(=C/c3ccc(/C=C4/C=CC=N4)[nH]3)[nH]2)=N1.C/C=C1/C=CC(C=c2cc/c(=C/c3ccc(/C=C4/C=CC=N4)[nH]3)[nH]2)=N1.C/C=c1/ccc(=C(C)C2=NC(=Cc3ccc(C(C)=C4C=CC=N4)[n-]3)C=C2)[n-]1.CC(=O)C=O.[Cl-].[Mn+3].c1c[nH]c(Cc2ccc[nH]2)c1. The first kappa shape index (κ1) is 88.9. The van der Waals surface area contributed by atoms with Crippen molar-refractivity contribution >= 4 is 136 Å². The van der Waals surface area contributed by atoms with Crippen LogP contribution in [0.15, 0.2) is 335 Å². The first-order valence-corrected chi connectivity index (χ1v) is 39.8. The Balaban J connectivity index is 0.000000150. The van der Waals surface area contributed by atoms with E-state index in [-0.39, 0.29) is 35.8 Å². The number of hydrogen-bond donors (Lipinski definition) is 8. The van der Waals surface area contributed by atoms with Crippen LogP contribution in [0.4, 0.5) is 0 Å². The second kappa shape index (κ2) is 43.7. The van der Waals surface area contributed by atoms with Crippen molar-refractivity contribution < 1.29 is 39.1 Å². The minimum absolute atomic E-state index is 0. The van der Waals surface area contributed by atoms with Crippen molar-refractivity contribution in [3.63, 3.8) is 0 Å². The fourth-order valence-electron chi connectivity index (χ4n) is 13.0. The molecule has 10 aromatic rings. The van der Waals surface area contributed by atoms with Crippen molar-refractivity contribution in [2.24, 2.45) is 39.9 Å². The normalized spacial score (nSPS) is 18.9. The molecular weight excluding hydrogens is 1590 g/mol. The van der Waals surface area contributed by atoms with Crippen LogP contribution in [0.3, 0.4) is 0 Å². The van der Waals surface area contributed by atoms with E-state index in [2.05, 4.69) is 217 Å². The summed E-state index contributed by atoms with van der Waals surface area (Å²) in [6.07, 6.45) is 66.7. The topological polar surface area (TPSA) is 288 Å². The summed E-state index contributed by atoms with van der Waals surface area (Å²) in [6.45, 7) is 19.6. The molecule has 8 N–H and O–H groups in total. The number of rotatable bonds is 15. The molecule has 0 amide bonds. The second-order valence-corrected chi connectivity index (χ2v) is 28.4. The van der Waals surface area contributed by atoms with E-state index in [1.807, 2.05) is 229 Å². The van der Waals surface area contributed by atoms with Gasteiger partial charge in [0.25, 0.3) is 0 Å². The van der Waals surface area contributed by atoms with Crippen LogP contribution in [-0.2, 0) is 33.1 Å². The summed E-state index contributed by atoms with van der Waals surface area (Å²) < 4.78 is 0. The molecule has 0 atom stereocenters. The molecule has 8 aliphatic heterocycles. The molecule has 0 radical (unpaired) electrons. The summed E-state index contributed by atoms with van der Waals surface area (Å²) in [5.41, 5.74) is 27.9. The van der Waals surface area contributed by atoms with Crippen molar-refractivity contribution in [2.45, 2.75) is 75.7 Å². The Kier molecular flexibility index (Phi) is 31.6. The van der Waals surface area contributed by atoms with E-state index in [1.165, 1.54) is 18.3 Å². The number of allylic oxidation sites excluding steroid dienone is 21. The Morgan fingerprint density at radius 2 is 0.829 bits per heavy atom. The molecule has 614 valence electrons. The molecule has 20 nitrogen and oxygen atoms in total. The average molecular weight is 1680 g/mol.